The molecule has 15 heavy (non-hydrogen) atoms. The monoisotopic (exact) mass is 267 g/mol. The van der Waals surface area contributed by atoms with Crippen LogP contribution in [0.4, 0.5) is 0 Å². The van der Waals surface area contributed by atoms with E-state index >= 15 is 0 Å². The highest BCUT2D eigenvalue weighted by molar-refractivity contribution is 9.10. The highest BCUT2D eigenvalue weighted by atomic mass is 79.9. The summed E-state index contributed by atoms with van der Waals surface area (Å²) in [5.41, 5.74) is 3.67. The van der Waals surface area contributed by atoms with Crippen LogP contribution >= 0.6 is 15.9 Å². The van der Waals surface area contributed by atoms with E-state index in [0.717, 1.165) is 16.6 Å². The third kappa shape index (κ3) is 3.18. The SMILES string of the molecule is C=C(C)C(NCC)c1ccc(C)cc1Br. The van der Waals surface area contributed by atoms with Crippen molar-refractivity contribution in [2.75, 3.05) is 6.54 Å². The van der Waals surface area contributed by atoms with Crippen molar-refractivity contribution < 1.29 is 0 Å². The smallest absolute Gasteiger partial charge is 0.0541 e. The highest BCUT2D eigenvalue weighted by Gasteiger charge is 2.13. The molecule has 0 radical (unpaired) electrons. The summed E-state index contributed by atoms with van der Waals surface area (Å²) in [7, 11) is 0. The standard InChI is InChI=1S/C13H18BrN/c1-5-15-13(9(2)3)11-7-6-10(4)8-12(11)14/h6-8,13,15H,2,5H2,1,3-4H3. The molecule has 1 aromatic rings. The summed E-state index contributed by atoms with van der Waals surface area (Å²) in [6.07, 6.45) is 0. The molecule has 82 valence electrons. The number of hydrogen-bond donors (Lipinski definition) is 1. The molecule has 1 rings (SSSR count). The molecule has 0 saturated carbocycles. The van der Waals surface area contributed by atoms with Crippen LogP contribution in [0.2, 0.25) is 0 Å². The Kier molecular flexibility index (Phi) is 4.55. The molecule has 0 spiro atoms. The summed E-state index contributed by atoms with van der Waals surface area (Å²) in [5, 5.41) is 3.43. The summed E-state index contributed by atoms with van der Waals surface area (Å²) in [5.74, 6) is 0. The van der Waals surface area contributed by atoms with Crippen molar-refractivity contribution in [1.82, 2.24) is 5.32 Å². The van der Waals surface area contributed by atoms with Crippen molar-refractivity contribution in [2.24, 2.45) is 0 Å². The minimum Gasteiger partial charge on any atom is -0.307 e. The molecule has 1 unspecified atom stereocenters. The van der Waals surface area contributed by atoms with Crippen LogP contribution in [0.15, 0.2) is 34.8 Å². The Bertz CT molecular complexity index is 358. The Labute approximate surface area is 101 Å². The van der Waals surface area contributed by atoms with Crippen LogP contribution in [0.1, 0.15) is 31.0 Å². The Morgan fingerprint density at radius 2 is 2.20 bits per heavy atom. The summed E-state index contributed by atoms with van der Waals surface area (Å²) >= 11 is 3.60. The van der Waals surface area contributed by atoms with E-state index in [1.165, 1.54) is 11.1 Å². The second kappa shape index (κ2) is 5.47. The molecule has 1 N–H and O–H groups in total. The number of rotatable bonds is 4. The maximum atomic E-state index is 4.03. The average Bonchev–Trinajstić information content (AvgIpc) is 2.15. The number of likely N-dealkylation sites (N-methyl/N-ethyl adjacent to an activating group) is 1. The normalized spacial score (nSPS) is 12.5. The zero-order valence-electron chi connectivity index (χ0n) is 9.60. The van der Waals surface area contributed by atoms with Gasteiger partial charge in [-0.05, 0) is 37.6 Å². The van der Waals surface area contributed by atoms with Gasteiger partial charge in [-0.1, -0.05) is 47.1 Å². The molecule has 0 heterocycles. The van der Waals surface area contributed by atoms with Gasteiger partial charge in [0, 0.05) is 4.47 Å². The fourth-order valence-electron chi connectivity index (χ4n) is 1.62. The van der Waals surface area contributed by atoms with Crippen molar-refractivity contribution in [3.05, 3.63) is 46.0 Å². The second-order valence-corrected chi connectivity index (χ2v) is 4.72. The summed E-state index contributed by atoms with van der Waals surface area (Å²) < 4.78 is 1.15. The largest absolute Gasteiger partial charge is 0.307 e. The first-order valence-corrected chi connectivity index (χ1v) is 6.00. The molecule has 0 aliphatic carbocycles. The molecule has 0 saturated heterocycles. The van der Waals surface area contributed by atoms with Crippen molar-refractivity contribution in [1.29, 1.82) is 0 Å². The molecule has 1 aromatic carbocycles. The predicted molar refractivity (Wildman–Crippen MR) is 70.1 cm³/mol. The van der Waals surface area contributed by atoms with Crippen molar-refractivity contribution >= 4 is 15.9 Å². The Morgan fingerprint density at radius 3 is 2.67 bits per heavy atom. The Morgan fingerprint density at radius 1 is 1.53 bits per heavy atom. The number of benzene rings is 1. The van der Waals surface area contributed by atoms with Gasteiger partial charge in [0.2, 0.25) is 0 Å². The zero-order valence-corrected chi connectivity index (χ0v) is 11.2. The van der Waals surface area contributed by atoms with Gasteiger partial charge in [0.15, 0.2) is 0 Å². The zero-order chi connectivity index (χ0) is 11.4. The summed E-state index contributed by atoms with van der Waals surface area (Å²) in [6.45, 7) is 11.2. The first-order chi connectivity index (χ1) is 7.06. The van der Waals surface area contributed by atoms with E-state index in [0.29, 0.717) is 0 Å². The molecule has 1 nitrogen and oxygen atoms in total. The minimum absolute atomic E-state index is 0.241. The van der Waals surface area contributed by atoms with Gasteiger partial charge >= 0.3 is 0 Å². The molecule has 2 heteroatoms. The molecule has 0 amide bonds. The van der Waals surface area contributed by atoms with Gasteiger partial charge in [0.25, 0.3) is 0 Å². The molecule has 0 aliphatic heterocycles. The van der Waals surface area contributed by atoms with Crippen LogP contribution in [0.5, 0.6) is 0 Å². The molecular weight excluding hydrogens is 250 g/mol. The quantitative estimate of drug-likeness (QED) is 0.814. The van der Waals surface area contributed by atoms with E-state index in [1.54, 1.807) is 0 Å². The van der Waals surface area contributed by atoms with Crippen LogP contribution < -0.4 is 5.32 Å². The van der Waals surface area contributed by atoms with Gasteiger partial charge in [-0.15, -0.1) is 0 Å². The lowest BCUT2D eigenvalue weighted by Crippen LogP contribution is -2.21. The fourth-order valence-corrected chi connectivity index (χ4v) is 2.34. The van der Waals surface area contributed by atoms with Crippen LogP contribution in [-0.2, 0) is 0 Å². The lowest BCUT2D eigenvalue weighted by molar-refractivity contribution is 0.619. The molecule has 0 bridgehead atoms. The lowest BCUT2D eigenvalue weighted by Gasteiger charge is -2.20. The number of halogens is 1. The molecule has 0 fully saturated rings. The van der Waals surface area contributed by atoms with E-state index in [1.807, 2.05) is 0 Å². The Balaban J connectivity index is 3.05. The minimum atomic E-state index is 0.241. The topological polar surface area (TPSA) is 12.0 Å². The Hall–Kier alpha value is -0.600. The summed E-state index contributed by atoms with van der Waals surface area (Å²) in [6, 6.07) is 6.67. The van der Waals surface area contributed by atoms with Gasteiger partial charge < -0.3 is 5.32 Å². The van der Waals surface area contributed by atoms with Crippen LogP contribution in [0.3, 0.4) is 0 Å². The van der Waals surface area contributed by atoms with E-state index in [2.05, 4.69) is 66.8 Å². The second-order valence-electron chi connectivity index (χ2n) is 3.86. The third-order valence-electron chi connectivity index (χ3n) is 2.37. The van der Waals surface area contributed by atoms with Gasteiger partial charge in [0.05, 0.1) is 6.04 Å². The number of hydrogen-bond acceptors (Lipinski definition) is 1. The van der Waals surface area contributed by atoms with E-state index in [9.17, 15) is 0 Å². The lowest BCUT2D eigenvalue weighted by atomic mass is 10.00. The number of nitrogens with one attached hydrogen (secondary N) is 1. The van der Waals surface area contributed by atoms with Gasteiger partial charge in [-0.2, -0.15) is 0 Å². The first-order valence-electron chi connectivity index (χ1n) is 5.21. The van der Waals surface area contributed by atoms with Crippen LogP contribution in [0.25, 0.3) is 0 Å². The van der Waals surface area contributed by atoms with Crippen LogP contribution in [0, 0.1) is 6.92 Å². The third-order valence-corrected chi connectivity index (χ3v) is 3.05. The van der Waals surface area contributed by atoms with E-state index < -0.39 is 0 Å². The van der Waals surface area contributed by atoms with Gasteiger partial charge in [-0.3, -0.25) is 0 Å². The van der Waals surface area contributed by atoms with Gasteiger partial charge in [0.1, 0.15) is 0 Å². The number of aryl methyl sites for hydroxylation is 1. The highest BCUT2D eigenvalue weighted by Crippen LogP contribution is 2.28. The maximum absolute atomic E-state index is 4.03. The first kappa shape index (κ1) is 12.5. The van der Waals surface area contributed by atoms with Crippen molar-refractivity contribution in [3.8, 4) is 0 Å². The average molecular weight is 268 g/mol. The van der Waals surface area contributed by atoms with E-state index in [-0.39, 0.29) is 6.04 Å². The maximum Gasteiger partial charge on any atom is 0.0541 e. The van der Waals surface area contributed by atoms with Gasteiger partial charge in [-0.25, -0.2) is 0 Å². The molecule has 1 atom stereocenters. The van der Waals surface area contributed by atoms with Crippen molar-refractivity contribution in [2.45, 2.75) is 26.8 Å². The molecule has 0 aromatic heterocycles. The van der Waals surface area contributed by atoms with Crippen LogP contribution in [-0.4, -0.2) is 6.54 Å². The molecule has 0 aliphatic rings. The predicted octanol–water partition coefficient (Wildman–Crippen LogP) is 3.98. The molecular formula is C13H18BrN. The van der Waals surface area contributed by atoms with Crippen molar-refractivity contribution in [3.63, 3.8) is 0 Å². The summed E-state index contributed by atoms with van der Waals surface area (Å²) in [4.78, 5) is 0. The van der Waals surface area contributed by atoms with E-state index in [4.69, 9.17) is 0 Å². The fraction of sp³-hybridized carbons (Fsp3) is 0.385.